The number of halogens is 1. The fourth-order valence-corrected chi connectivity index (χ4v) is 1.12. The van der Waals surface area contributed by atoms with Crippen LogP contribution >= 0.6 is 11.6 Å². The molecule has 0 fully saturated rings. The molecule has 13 heavy (non-hydrogen) atoms. The van der Waals surface area contributed by atoms with E-state index in [1.165, 1.54) is 6.07 Å². The Labute approximate surface area is 80.6 Å². The van der Waals surface area contributed by atoms with Crippen molar-refractivity contribution < 1.29 is 15.0 Å². The third-order valence-corrected chi connectivity index (χ3v) is 1.99. The van der Waals surface area contributed by atoms with E-state index in [4.69, 9.17) is 11.6 Å². The monoisotopic (exact) mass is 200 g/mol. The summed E-state index contributed by atoms with van der Waals surface area (Å²) in [5.74, 6) is -0.629. The summed E-state index contributed by atoms with van der Waals surface area (Å²) in [5, 5.41) is 18.5. The van der Waals surface area contributed by atoms with E-state index in [-0.39, 0.29) is 34.3 Å². The molecule has 0 aliphatic rings. The lowest BCUT2D eigenvalue weighted by atomic mass is 10.1. The van der Waals surface area contributed by atoms with Crippen LogP contribution in [0.1, 0.15) is 23.7 Å². The van der Waals surface area contributed by atoms with E-state index < -0.39 is 0 Å². The van der Waals surface area contributed by atoms with Crippen molar-refractivity contribution in [2.75, 3.05) is 0 Å². The minimum absolute atomic E-state index is 0.0325. The number of carbonyl (C=O) groups excluding carboxylic acids is 1. The molecule has 1 aromatic rings. The first-order chi connectivity index (χ1) is 6.06. The predicted molar refractivity (Wildman–Crippen MR) is 49.4 cm³/mol. The Kier molecular flexibility index (Phi) is 2.78. The number of aromatic hydroxyl groups is 2. The van der Waals surface area contributed by atoms with Crippen molar-refractivity contribution in [1.82, 2.24) is 0 Å². The molecule has 0 aliphatic carbocycles. The Balaban J connectivity index is 3.23. The van der Waals surface area contributed by atoms with Crippen LogP contribution in [0.5, 0.6) is 11.5 Å². The number of Topliss-reactive ketones (excluding diaryl/α,β-unsaturated/α-hetero) is 1. The van der Waals surface area contributed by atoms with Crippen molar-refractivity contribution >= 4 is 17.4 Å². The molecule has 0 unspecified atom stereocenters. The standard InChI is InChI=1S/C9H9ClO3/c1-2-7(11)5-3-9(13)6(10)4-8(5)12/h3-4,12-13H,2H2,1H3. The summed E-state index contributed by atoms with van der Waals surface area (Å²) in [4.78, 5) is 11.2. The van der Waals surface area contributed by atoms with Crippen molar-refractivity contribution in [1.29, 1.82) is 0 Å². The third-order valence-electron chi connectivity index (χ3n) is 1.69. The molecule has 0 amide bonds. The van der Waals surface area contributed by atoms with Crippen LogP contribution in [0.2, 0.25) is 5.02 Å². The second kappa shape index (κ2) is 3.66. The van der Waals surface area contributed by atoms with Crippen LogP contribution < -0.4 is 0 Å². The number of ketones is 1. The maximum atomic E-state index is 11.2. The van der Waals surface area contributed by atoms with Crippen molar-refractivity contribution in [2.45, 2.75) is 13.3 Å². The summed E-state index contributed by atoms with van der Waals surface area (Å²) in [5.41, 5.74) is 0.101. The second-order valence-corrected chi connectivity index (χ2v) is 3.00. The molecule has 0 aromatic heterocycles. The number of phenolic OH excluding ortho intramolecular Hbond substituents is 2. The molecule has 1 rings (SSSR count). The van der Waals surface area contributed by atoms with Gasteiger partial charge in [-0.25, -0.2) is 0 Å². The summed E-state index contributed by atoms with van der Waals surface area (Å²) < 4.78 is 0. The molecule has 0 saturated heterocycles. The van der Waals surface area contributed by atoms with Gasteiger partial charge in [0.1, 0.15) is 11.5 Å². The topological polar surface area (TPSA) is 57.5 Å². The van der Waals surface area contributed by atoms with Gasteiger partial charge in [-0.15, -0.1) is 0 Å². The molecular weight excluding hydrogens is 192 g/mol. The fourth-order valence-electron chi connectivity index (χ4n) is 0.965. The minimum Gasteiger partial charge on any atom is -0.507 e. The van der Waals surface area contributed by atoms with Gasteiger partial charge in [0, 0.05) is 12.5 Å². The van der Waals surface area contributed by atoms with Crippen molar-refractivity contribution in [3.05, 3.63) is 22.7 Å². The first-order valence-corrected chi connectivity index (χ1v) is 4.18. The zero-order chi connectivity index (χ0) is 10.0. The number of benzene rings is 1. The van der Waals surface area contributed by atoms with Gasteiger partial charge < -0.3 is 10.2 Å². The summed E-state index contributed by atoms with van der Waals surface area (Å²) in [6.45, 7) is 1.67. The van der Waals surface area contributed by atoms with E-state index in [2.05, 4.69) is 0 Å². The van der Waals surface area contributed by atoms with E-state index in [0.29, 0.717) is 0 Å². The minimum atomic E-state index is -0.232. The third kappa shape index (κ3) is 1.92. The number of carbonyl (C=O) groups is 1. The molecule has 1 aromatic carbocycles. The normalized spacial score (nSPS) is 10.0. The molecule has 70 valence electrons. The predicted octanol–water partition coefficient (Wildman–Crippen LogP) is 2.34. The molecule has 0 heterocycles. The Morgan fingerprint density at radius 1 is 1.38 bits per heavy atom. The lowest BCUT2D eigenvalue weighted by Crippen LogP contribution is -1.96. The van der Waals surface area contributed by atoms with E-state index in [1.807, 2.05) is 0 Å². The van der Waals surface area contributed by atoms with Gasteiger partial charge in [-0.2, -0.15) is 0 Å². The number of hydrogen-bond donors (Lipinski definition) is 2. The number of rotatable bonds is 2. The molecule has 0 aliphatic heterocycles. The zero-order valence-electron chi connectivity index (χ0n) is 7.04. The van der Waals surface area contributed by atoms with Crippen molar-refractivity contribution in [3.8, 4) is 11.5 Å². The molecule has 0 bridgehead atoms. The van der Waals surface area contributed by atoms with Gasteiger partial charge in [0.25, 0.3) is 0 Å². The van der Waals surface area contributed by atoms with Crippen LogP contribution in [-0.2, 0) is 0 Å². The van der Waals surface area contributed by atoms with E-state index in [0.717, 1.165) is 6.07 Å². The summed E-state index contributed by atoms with van der Waals surface area (Å²) in [6.07, 6.45) is 0.272. The highest BCUT2D eigenvalue weighted by Crippen LogP contribution is 2.31. The van der Waals surface area contributed by atoms with Crippen molar-refractivity contribution in [2.24, 2.45) is 0 Å². The lowest BCUT2D eigenvalue weighted by Gasteiger charge is -2.03. The Morgan fingerprint density at radius 2 is 2.00 bits per heavy atom. The van der Waals surface area contributed by atoms with E-state index in [1.54, 1.807) is 6.92 Å². The van der Waals surface area contributed by atoms with Crippen LogP contribution in [0.4, 0.5) is 0 Å². The van der Waals surface area contributed by atoms with Gasteiger partial charge in [-0.1, -0.05) is 18.5 Å². The van der Waals surface area contributed by atoms with Crippen LogP contribution in [0.25, 0.3) is 0 Å². The molecule has 2 N–H and O–H groups in total. The maximum Gasteiger partial charge on any atom is 0.166 e. The first-order valence-electron chi connectivity index (χ1n) is 3.81. The van der Waals surface area contributed by atoms with Gasteiger partial charge in [0.2, 0.25) is 0 Å². The molecular formula is C9H9ClO3. The van der Waals surface area contributed by atoms with Crippen LogP contribution in [-0.4, -0.2) is 16.0 Å². The lowest BCUT2D eigenvalue weighted by molar-refractivity contribution is 0.0985. The highest BCUT2D eigenvalue weighted by atomic mass is 35.5. The largest absolute Gasteiger partial charge is 0.507 e. The molecule has 4 heteroatoms. The molecule has 3 nitrogen and oxygen atoms in total. The Bertz CT molecular complexity index is 347. The van der Waals surface area contributed by atoms with Crippen LogP contribution in [0, 0.1) is 0 Å². The number of phenols is 2. The molecule has 0 radical (unpaired) electrons. The van der Waals surface area contributed by atoms with Gasteiger partial charge in [-0.05, 0) is 6.07 Å². The highest BCUT2D eigenvalue weighted by Gasteiger charge is 2.12. The first kappa shape index (κ1) is 9.86. The van der Waals surface area contributed by atoms with Gasteiger partial charge in [0.05, 0.1) is 10.6 Å². The van der Waals surface area contributed by atoms with Crippen LogP contribution in [0.15, 0.2) is 12.1 Å². The van der Waals surface area contributed by atoms with Crippen LogP contribution in [0.3, 0.4) is 0 Å². The molecule has 0 spiro atoms. The fraction of sp³-hybridized carbons (Fsp3) is 0.222. The highest BCUT2D eigenvalue weighted by molar-refractivity contribution is 6.32. The quantitative estimate of drug-likeness (QED) is 0.569. The summed E-state index contributed by atoms with van der Waals surface area (Å²) in [7, 11) is 0. The van der Waals surface area contributed by atoms with Gasteiger partial charge >= 0.3 is 0 Å². The molecule has 0 atom stereocenters. The molecule has 0 saturated carbocycles. The smallest absolute Gasteiger partial charge is 0.166 e. The van der Waals surface area contributed by atoms with Gasteiger partial charge in [-0.3, -0.25) is 4.79 Å². The van der Waals surface area contributed by atoms with E-state index in [9.17, 15) is 15.0 Å². The summed E-state index contributed by atoms with van der Waals surface area (Å²) in [6, 6.07) is 2.32. The Hall–Kier alpha value is -1.22. The summed E-state index contributed by atoms with van der Waals surface area (Å²) >= 11 is 5.51. The van der Waals surface area contributed by atoms with Gasteiger partial charge in [0.15, 0.2) is 5.78 Å². The Morgan fingerprint density at radius 3 is 2.54 bits per heavy atom. The second-order valence-electron chi connectivity index (χ2n) is 2.60. The number of hydrogen-bond acceptors (Lipinski definition) is 3. The zero-order valence-corrected chi connectivity index (χ0v) is 7.80. The average molecular weight is 201 g/mol. The van der Waals surface area contributed by atoms with Crippen molar-refractivity contribution in [3.63, 3.8) is 0 Å². The SMILES string of the molecule is CCC(=O)c1cc(O)c(Cl)cc1O. The maximum absolute atomic E-state index is 11.2. The van der Waals surface area contributed by atoms with E-state index >= 15 is 0 Å². The average Bonchev–Trinajstić information content (AvgIpc) is 2.10.